The first-order valence-electron chi connectivity index (χ1n) is 7.71. The molecule has 1 aromatic rings. The lowest BCUT2D eigenvalue weighted by Crippen LogP contribution is -2.25. The topological polar surface area (TPSA) is 52.3 Å². The summed E-state index contributed by atoms with van der Waals surface area (Å²) in [7, 11) is 0. The summed E-state index contributed by atoms with van der Waals surface area (Å²) in [4.78, 5) is 11.9. The second-order valence-electron chi connectivity index (χ2n) is 5.79. The SMILES string of the molecule is CCC1CCCC(OC(=O)CCc2ccc(N)cc2)C1. The van der Waals surface area contributed by atoms with Crippen molar-refractivity contribution in [2.24, 2.45) is 5.92 Å². The third kappa shape index (κ3) is 4.55. The van der Waals surface area contributed by atoms with Gasteiger partial charge in [0.25, 0.3) is 0 Å². The van der Waals surface area contributed by atoms with Crippen LogP contribution in [0.15, 0.2) is 24.3 Å². The number of esters is 1. The van der Waals surface area contributed by atoms with Gasteiger partial charge in [0, 0.05) is 12.1 Å². The minimum atomic E-state index is -0.0661. The number of hydrogen-bond donors (Lipinski definition) is 1. The van der Waals surface area contributed by atoms with Crippen LogP contribution in [0.25, 0.3) is 0 Å². The van der Waals surface area contributed by atoms with Crippen molar-refractivity contribution >= 4 is 11.7 Å². The minimum Gasteiger partial charge on any atom is -0.462 e. The predicted octanol–water partition coefficient (Wildman–Crippen LogP) is 3.71. The fourth-order valence-electron chi connectivity index (χ4n) is 2.90. The van der Waals surface area contributed by atoms with E-state index in [2.05, 4.69) is 6.92 Å². The molecule has 1 fully saturated rings. The summed E-state index contributed by atoms with van der Waals surface area (Å²) in [5.74, 6) is 0.669. The predicted molar refractivity (Wildman–Crippen MR) is 81.3 cm³/mol. The minimum absolute atomic E-state index is 0.0661. The molecule has 0 heterocycles. The summed E-state index contributed by atoms with van der Waals surface area (Å²) >= 11 is 0. The normalized spacial score (nSPS) is 22.4. The van der Waals surface area contributed by atoms with Gasteiger partial charge in [-0.25, -0.2) is 0 Å². The molecule has 0 radical (unpaired) electrons. The molecule has 0 bridgehead atoms. The summed E-state index contributed by atoms with van der Waals surface area (Å²) in [5.41, 5.74) is 7.53. The Kier molecular flexibility index (Phi) is 5.45. The largest absolute Gasteiger partial charge is 0.462 e. The second kappa shape index (κ2) is 7.32. The molecular weight excluding hydrogens is 250 g/mol. The Labute approximate surface area is 121 Å². The highest BCUT2D eigenvalue weighted by atomic mass is 16.5. The molecule has 2 atom stereocenters. The zero-order valence-electron chi connectivity index (χ0n) is 12.3. The monoisotopic (exact) mass is 275 g/mol. The van der Waals surface area contributed by atoms with Gasteiger partial charge in [0.1, 0.15) is 6.10 Å². The fourth-order valence-corrected chi connectivity index (χ4v) is 2.90. The van der Waals surface area contributed by atoms with E-state index in [9.17, 15) is 4.79 Å². The first-order valence-corrected chi connectivity index (χ1v) is 7.71. The van der Waals surface area contributed by atoms with E-state index >= 15 is 0 Å². The lowest BCUT2D eigenvalue weighted by Gasteiger charge is -2.28. The number of ether oxygens (including phenoxy) is 1. The zero-order chi connectivity index (χ0) is 14.4. The molecule has 1 saturated carbocycles. The Morgan fingerprint density at radius 3 is 2.75 bits per heavy atom. The van der Waals surface area contributed by atoms with E-state index in [1.54, 1.807) is 0 Å². The first kappa shape index (κ1) is 14.9. The Bertz CT molecular complexity index is 427. The average Bonchev–Trinajstić information content (AvgIpc) is 2.47. The van der Waals surface area contributed by atoms with E-state index in [1.807, 2.05) is 24.3 Å². The van der Waals surface area contributed by atoms with E-state index in [1.165, 1.54) is 19.3 Å². The van der Waals surface area contributed by atoms with Crippen LogP contribution in [-0.2, 0) is 16.0 Å². The summed E-state index contributed by atoms with van der Waals surface area (Å²) in [6.45, 7) is 2.22. The number of aryl methyl sites for hydroxylation is 1. The van der Waals surface area contributed by atoms with Crippen LogP contribution in [0, 0.1) is 5.92 Å². The van der Waals surface area contributed by atoms with Gasteiger partial charge in [0.15, 0.2) is 0 Å². The number of carbonyl (C=O) groups is 1. The van der Waals surface area contributed by atoms with Crippen LogP contribution in [0.2, 0.25) is 0 Å². The van der Waals surface area contributed by atoms with E-state index in [-0.39, 0.29) is 12.1 Å². The molecule has 2 rings (SSSR count). The molecule has 0 aliphatic heterocycles. The van der Waals surface area contributed by atoms with E-state index in [0.29, 0.717) is 6.42 Å². The first-order chi connectivity index (χ1) is 9.67. The van der Waals surface area contributed by atoms with Gasteiger partial charge < -0.3 is 10.5 Å². The van der Waals surface area contributed by atoms with Gasteiger partial charge >= 0.3 is 5.97 Å². The van der Waals surface area contributed by atoms with Crippen LogP contribution in [0.5, 0.6) is 0 Å². The molecule has 1 aliphatic rings. The van der Waals surface area contributed by atoms with Gasteiger partial charge in [-0.3, -0.25) is 4.79 Å². The molecule has 0 aromatic heterocycles. The highest BCUT2D eigenvalue weighted by molar-refractivity contribution is 5.70. The number of hydrogen-bond acceptors (Lipinski definition) is 3. The Balaban J connectivity index is 1.73. The highest BCUT2D eigenvalue weighted by Crippen LogP contribution is 2.28. The lowest BCUT2D eigenvalue weighted by molar-refractivity contribution is -0.151. The molecule has 0 spiro atoms. The maximum Gasteiger partial charge on any atom is 0.306 e. The molecule has 20 heavy (non-hydrogen) atoms. The van der Waals surface area contributed by atoms with E-state index in [0.717, 1.165) is 36.4 Å². The Morgan fingerprint density at radius 2 is 2.05 bits per heavy atom. The molecule has 0 saturated heterocycles. The number of nitrogens with two attached hydrogens (primary N) is 1. The summed E-state index contributed by atoms with van der Waals surface area (Å²) < 4.78 is 5.61. The second-order valence-corrected chi connectivity index (χ2v) is 5.79. The van der Waals surface area contributed by atoms with Crippen molar-refractivity contribution in [1.82, 2.24) is 0 Å². The number of benzene rings is 1. The smallest absolute Gasteiger partial charge is 0.306 e. The summed E-state index contributed by atoms with van der Waals surface area (Å²) in [5, 5.41) is 0. The van der Waals surface area contributed by atoms with Crippen LogP contribution in [0.4, 0.5) is 5.69 Å². The van der Waals surface area contributed by atoms with Crippen molar-refractivity contribution in [3.8, 4) is 0 Å². The van der Waals surface area contributed by atoms with Crippen molar-refractivity contribution in [3.63, 3.8) is 0 Å². The molecule has 3 nitrogen and oxygen atoms in total. The third-order valence-electron chi connectivity index (χ3n) is 4.21. The van der Waals surface area contributed by atoms with Crippen molar-refractivity contribution < 1.29 is 9.53 Å². The van der Waals surface area contributed by atoms with Gasteiger partial charge in [-0.15, -0.1) is 0 Å². The van der Waals surface area contributed by atoms with Crippen molar-refractivity contribution in [2.45, 2.75) is 58.0 Å². The lowest BCUT2D eigenvalue weighted by atomic mass is 9.85. The molecule has 3 heteroatoms. The number of anilines is 1. The highest BCUT2D eigenvalue weighted by Gasteiger charge is 2.23. The van der Waals surface area contributed by atoms with Gasteiger partial charge in [-0.1, -0.05) is 31.9 Å². The molecule has 2 unspecified atom stereocenters. The summed E-state index contributed by atoms with van der Waals surface area (Å²) in [6.07, 6.45) is 7.07. The van der Waals surface area contributed by atoms with E-state index < -0.39 is 0 Å². The number of rotatable bonds is 5. The van der Waals surface area contributed by atoms with Gasteiger partial charge in [0.2, 0.25) is 0 Å². The van der Waals surface area contributed by atoms with Crippen LogP contribution < -0.4 is 5.73 Å². The van der Waals surface area contributed by atoms with Crippen molar-refractivity contribution in [3.05, 3.63) is 29.8 Å². The zero-order valence-corrected chi connectivity index (χ0v) is 12.3. The van der Waals surface area contributed by atoms with Crippen LogP contribution >= 0.6 is 0 Å². The third-order valence-corrected chi connectivity index (χ3v) is 4.21. The van der Waals surface area contributed by atoms with E-state index in [4.69, 9.17) is 10.5 Å². The van der Waals surface area contributed by atoms with Crippen molar-refractivity contribution in [2.75, 3.05) is 5.73 Å². The molecule has 0 amide bonds. The number of carbonyl (C=O) groups excluding carboxylic acids is 1. The quantitative estimate of drug-likeness (QED) is 0.658. The molecule has 1 aromatic carbocycles. The van der Waals surface area contributed by atoms with Crippen molar-refractivity contribution in [1.29, 1.82) is 0 Å². The van der Waals surface area contributed by atoms with Gasteiger partial charge in [-0.05, 0) is 49.3 Å². The Hall–Kier alpha value is -1.51. The average molecular weight is 275 g/mol. The summed E-state index contributed by atoms with van der Waals surface area (Å²) in [6, 6.07) is 7.67. The van der Waals surface area contributed by atoms with Crippen LogP contribution in [0.3, 0.4) is 0 Å². The van der Waals surface area contributed by atoms with Gasteiger partial charge in [0.05, 0.1) is 0 Å². The maximum absolute atomic E-state index is 11.9. The fraction of sp³-hybridized carbons (Fsp3) is 0.588. The molecule has 1 aliphatic carbocycles. The maximum atomic E-state index is 11.9. The Morgan fingerprint density at radius 1 is 1.30 bits per heavy atom. The standard InChI is InChI=1S/C17H25NO2/c1-2-13-4-3-5-16(12-13)20-17(19)11-8-14-6-9-15(18)10-7-14/h6-7,9-10,13,16H,2-5,8,11-12,18H2,1H3. The molecule has 2 N–H and O–H groups in total. The van der Waals surface area contributed by atoms with Crippen LogP contribution in [0.1, 0.15) is 51.0 Å². The molecular formula is C17H25NO2. The number of nitrogen functional groups attached to an aromatic ring is 1. The van der Waals surface area contributed by atoms with Gasteiger partial charge in [-0.2, -0.15) is 0 Å². The molecule has 110 valence electrons. The van der Waals surface area contributed by atoms with Crippen LogP contribution in [-0.4, -0.2) is 12.1 Å².